The van der Waals surface area contributed by atoms with Gasteiger partial charge in [-0.1, -0.05) is 78.9 Å². The van der Waals surface area contributed by atoms with Gasteiger partial charge in [0.05, 0.1) is 6.10 Å². The summed E-state index contributed by atoms with van der Waals surface area (Å²) < 4.78 is 5.96. The van der Waals surface area contributed by atoms with Crippen LogP contribution in [0.2, 0.25) is 0 Å². The number of aliphatic hydroxyl groups excluding tert-OH is 1. The Morgan fingerprint density at radius 3 is 2.20 bits per heavy atom. The van der Waals surface area contributed by atoms with E-state index in [2.05, 4.69) is 17.4 Å². The molecule has 0 saturated carbocycles. The zero-order valence-corrected chi connectivity index (χ0v) is 14.1. The van der Waals surface area contributed by atoms with Crippen molar-refractivity contribution >= 4 is 0 Å². The predicted molar refractivity (Wildman–Crippen MR) is 100 cm³/mol. The molecule has 3 heteroatoms. The van der Waals surface area contributed by atoms with Gasteiger partial charge in [-0.15, -0.1) is 0 Å². The van der Waals surface area contributed by atoms with Crippen LogP contribution in [0.25, 0.3) is 0 Å². The van der Waals surface area contributed by atoms with Gasteiger partial charge in [-0.25, -0.2) is 0 Å². The van der Waals surface area contributed by atoms with Gasteiger partial charge in [0.1, 0.15) is 12.4 Å². The van der Waals surface area contributed by atoms with Crippen LogP contribution in [0.1, 0.15) is 22.8 Å². The van der Waals surface area contributed by atoms with Crippen molar-refractivity contribution in [2.75, 3.05) is 6.54 Å². The van der Waals surface area contributed by atoms with E-state index in [1.807, 2.05) is 72.8 Å². The van der Waals surface area contributed by atoms with Crippen LogP contribution in [-0.4, -0.2) is 11.7 Å². The van der Waals surface area contributed by atoms with E-state index in [1.165, 1.54) is 0 Å². The summed E-state index contributed by atoms with van der Waals surface area (Å²) in [6.45, 7) is 1.69. The van der Waals surface area contributed by atoms with Gasteiger partial charge in [0.15, 0.2) is 0 Å². The lowest BCUT2D eigenvalue weighted by atomic mass is 10.1. The topological polar surface area (TPSA) is 41.5 Å². The first-order valence-corrected chi connectivity index (χ1v) is 8.51. The Balaban J connectivity index is 1.54. The summed E-state index contributed by atoms with van der Waals surface area (Å²) in [5, 5.41) is 13.5. The molecule has 3 aromatic rings. The first kappa shape index (κ1) is 17.2. The molecule has 3 rings (SSSR count). The molecular formula is C22H23NO2. The Morgan fingerprint density at radius 1 is 0.800 bits per heavy atom. The van der Waals surface area contributed by atoms with E-state index in [1.54, 1.807) is 0 Å². The molecule has 0 aliphatic rings. The summed E-state index contributed by atoms with van der Waals surface area (Å²) in [6, 6.07) is 27.8. The molecule has 1 atom stereocenters. The highest BCUT2D eigenvalue weighted by Gasteiger charge is 2.08. The predicted octanol–water partition coefficient (Wildman–Crippen LogP) is 4.09. The second kappa shape index (κ2) is 9.02. The fourth-order valence-corrected chi connectivity index (χ4v) is 2.66. The summed E-state index contributed by atoms with van der Waals surface area (Å²) in [7, 11) is 0. The SMILES string of the molecule is OC(CNCc1ccccc1OCc1ccccc1)c1ccccc1. The Bertz CT molecular complexity index is 759. The van der Waals surface area contributed by atoms with E-state index in [4.69, 9.17) is 4.74 Å². The van der Waals surface area contributed by atoms with Gasteiger partial charge in [-0.2, -0.15) is 0 Å². The van der Waals surface area contributed by atoms with Gasteiger partial charge in [-0.05, 0) is 17.2 Å². The van der Waals surface area contributed by atoms with Gasteiger partial charge in [0.25, 0.3) is 0 Å². The summed E-state index contributed by atoms with van der Waals surface area (Å²) in [5.41, 5.74) is 3.15. The van der Waals surface area contributed by atoms with Crippen molar-refractivity contribution < 1.29 is 9.84 Å². The second-order valence-electron chi connectivity index (χ2n) is 5.94. The van der Waals surface area contributed by atoms with Crippen LogP contribution in [-0.2, 0) is 13.2 Å². The van der Waals surface area contributed by atoms with Crippen molar-refractivity contribution in [3.63, 3.8) is 0 Å². The molecule has 0 amide bonds. The normalized spacial score (nSPS) is 11.9. The molecule has 0 heterocycles. The van der Waals surface area contributed by atoms with Crippen LogP contribution in [0, 0.1) is 0 Å². The molecule has 0 saturated heterocycles. The van der Waals surface area contributed by atoms with E-state index in [-0.39, 0.29) is 0 Å². The first-order valence-electron chi connectivity index (χ1n) is 8.51. The number of rotatable bonds is 8. The average Bonchev–Trinajstić information content (AvgIpc) is 2.68. The molecule has 0 aliphatic carbocycles. The maximum atomic E-state index is 10.2. The minimum absolute atomic E-state index is 0.497. The number of para-hydroxylation sites is 1. The van der Waals surface area contributed by atoms with Crippen LogP contribution in [0.15, 0.2) is 84.9 Å². The fourth-order valence-electron chi connectivity index (χ4n) is 2.66. The molecule has 128 valence electrons. The summed E-state index contributed by atoms with van der Waals surface area (Å²) in [6.07, 6.45) is -0.515. The van der Waals surface area contributed by atoms with Crippen molar-refractivity contribution in [2.45, 2.75) is 19.3 Å². The molecule has 0 aromatic heterocycles. The molecule has 0 radical (unpaired) electrons. The van der Waals surface area contributed by atoms with Crippen LogP contribution >= 0.6 is 0 Å². The standard InChI is InChI=1S/C22H23NO2/c24-21(19-11-5-2-6-12-19)16-23-15-20-13-7-8-14-22(20)25-17-18-9-3-1-4-10-18/h1-14,21,23-24H,15-17H2. The molecule has 3 nitrogen and oxygen atoms in total. The van der Waals surface area contributed by atoms with Crippen molar-refractivity contribution in [1.29, 1.82) is 0 Å². The third-order valence-electron chi connectivity index (χ3n) is 4.05. The van der Waals surface area contributed by atoms with E-state index in [0.29, 0.717) is 19.7 Å². The molecule has 0 bridgehead atoms. The van der Waals surface area contributed by atoms with Gasteiger partial charge >= 0.3 is 0 Å². The summed E-state index contributed by atoms with van der Waals surface area (Å²) in [4.78, 5) is 0. The molecular weight excluding hydrogens is 310 g/mol. The monoisotopic (exact) mass is 333 g/mol. The minimum Gasteiger partial charge on any atom is -0.489 e. The largest absolute Gasteiger partial charge is 0.489 e. The zero-order valence-electron chi connectivity index (χ0n) is 14.1. The molecule has 0 spiro atoms. The Labute approximate surface area is 148 Å². The van der Waals surface area contributed by atoms with Crippen LogP contribution in [0.3, 0.4) is 0 Å². The Morgan fingerprint density at radius 2 is 1.44 bits per heavy atom. The average molecular weight is 333 g/mol. The number of nitrogens with one attached hydrogen (secondary N) is 1. The highest BCUT2D eigenvalue weighted by Crippen LogP contribution is 2.19. The van der Waals surface area contributed by atoms with Gasteiger partial charge in [-0.3, -0.25) is 0 Å². The van der Waals surface area contributed by atoms with Crippen molar-refractivity contribution in [2.24, 2.45) is 0 Å². The van der Waals surface area contributed by atoms with Gasteiger partial charge < -0.3 is 15.2 Å². The molecule has 0 fully saturated rings. The minimum atomic E-state index is -0.515. The van der Waals surface area contributed by atoms with Crippen molar-refractivity contribution in [3.05, 3.63) is 102 Å². The first-order chi connectivity index (χ1) is 12.3. The quantitative estimate of drug-likeness (QED) is 0.652. The number of ether oxygens (including phenoxy) is 1. The second-order valence-corrected chi connectivity index (χ2v) is 5.94. The maximum absolute atomic E-state index is 10.2. The Hall–Kier alpha value is -2.62. The zero-order chi connectivity index (χ0) is 17.3. The molecule has 2 N–H and O–H groups in total. The lowest BCUT2D eigenvalue weighted by Gasteiger charge is -2.15. The Kier molecular flexibility index (Phi) is 6.21. The molecule has 1 unspecified atom stereocenters. The van der Waals surface area contributed by atoms with Gasteiger partial charge in [0, 0.05) is 18.7 Å². The molecule has 0 aliphatic heterocycles. The molecule has 25 heavy (non-hydrogen) atoms. The van der Waals surface area contributed by atoms with Gasteiger partial charge in [0.2, 0.25) is 0 Å². The van der Waals surface area contributed by atoms with Crippen LogP contribution in [0.5, 0.6) is 5.75 Å². The maximum Gasteiger partial charge on any atom is 0.124 e. The highest BCUT2D eigenvalue weighted by atomic mass is 16.5. The summed E-state index contributed by atoms with van der Waals surface area (Å²) in [5.74, 6) is 0.869. The number of aliphatic hydroxyl groups is 1. The number of hydrogen-bond acceptors (Lipinski definition) is 3. The van der Waals surface area contributed by atoms with E-state index in [0.717, 1.165) is 22.4 Å². The highest BCUT2D eigenvalue weighted by molar-refractivity contribution is 5.33. The summed E-state index contributed by atoms with van der Waals surface area (Å²) >= 11 is 0. The van der Waals surface area contributed by atoms with E-state index >= 15 is 0 Å². The fraction of sp³-hybridized carbons (Fsp3) is 0.182. The lowest BCUT2D eigenvalue weighted by molar-refractivity contribution is 0.174. The van der Waals surface area contributed by atoms with Crippen LogP contribution in [0.4, 0.5) is 0 Å². The van der Waals surface area contributed by atoms with Crippen molar-refractivity contribution in [1.82, 2.24) is 5.32 Å². The number of benzene rings is 3. The van der Waals surface area contributed by atoms with E-state index < -0.39 is 6.10 Å². The van der Waals surface area contributed by atoms with Crippen LogP contribution < -0.4 is 10.1 Å². The molecule has 3 aromatic carbocycles. The van der Waals surface area contributed by atoms with Crippen molar-refractivity contribution in [3.8, 4) is 5.75 Å². The smallest absolute Gasteiger partial charge is 0.124 e. The van der Waals surface area contributed by atoms with E-state index in [9.17, 15) is 5.11 Å². The third-order valence-corrected chi connectivity index (χ3v) is 4.05. The lowest BCUT2D eigenvalue weighted by Crippen LogP contribution is -2.21. The number of hydrogen-bond donors (Lipinski definition) is 2. The third kappa shape index (κ3) is 5.18.